The van der Waals surface area contributed by atoms with Crippen LogP contribution in [0.3, 0.4) is 0 Å². The predicted octanol–water partition coefficient (Wildman–Crippen LogP) is 6.91. The lowest BCUT2D eigenvalue weighted by molar-refractivity contribution is -0.162. The Labute approximate surface area is 252 Å². The number of phenolic OH excluding ortho intramolecular Hbond substituents is 2. The zero-order chi connectivity index (χ0) is 29.4. The maximum Gasteiger partial charge on any atom is 0.163 e. The van der Waals surface area contributed by atoms with Gasteiger partial charge >= 0.3 is 0 Å². The van der Waals surface area contributed by atoms with Gasteiger partial charge in [-0.1, -0.05) is 20.8 Å². The van der Waals surface area contributed by atoms with Crippen LogP contribution in [-0.4, -0.2) is 37.7 Å². The van der Waals surface area contributed by atoms with Crippen LogP contribution >= 0.6 is 0 Å². The molecule has 3 unspecified atom stereocenters. The second-order valence-electron chi connectivity index (χ2n) is 17.2. The van der Waals surface area contributed by atoms with Gasteiger partial charge in [0.25, 0.3) is 0 Å². The Morgan fingerprint density at radius 1 is 0.714 bits per heavy atom. The van der Waals surface area contributed by atoms with Gasteiger partial charge in [-0.15, -0.1) is 0 Å². The van der Waals surface area contributed by atoms with Crippen LogP contribution in [0.5, 0.6) is 11.5 Å². The largest absolute Gasteiger partial charge is 0.504 e. The first-order chi connectivity index (χ1) is 19.9. The van der Waals surface area contributed by atoms with Crippen molar-refractivity contribution in [1.29, 1.82) is 0 Å². The molecule has 1 aromatic carbocycles. The van der Waals surface area contributed by atoms with Crippen molar-refractivity contribution in [2.75, 3.05) is 0 Å². The van der Waals surface area contributed by atoms with Crippen LogP contribution in [0.15, 0.2) is 6.07 Å². The third-order valence-corrected chi connectivity index (χ3v) is 16.1. The van der Waals surface area contributed by atoms with Crippen LogP contribution < -0.4 is 0 Å². The van der Waals surface area contributed by atoms with Crippen molar-refractivity contribution in [3.63, 3.8) is 0 Å². The summed E-state index contributed by atoms with van der Waals surface area (Å²) in [6.07, 6.45) is 14.5. The van der Waals surface area contributed by atoms with E-state index < -0.39 is 5.60 Å². The fraction of sp³-hybridized carbons (Fsp3) is 0.838. The molecule has 232 valence electrons. The Kier molecular flexibility index (Phi) is 6.13. The minimum Gasteiger partial charge on any atom is -0.504 e. The van der Waals surface area contributed by atoms with Gasteiger partial charge in [-0.25, -0.2) is 0 Å². The van der Waals surface area contributed by atoms with Gasteiger partial charge in [0, 0.05) is 11.0 Å². The zero-order valence-electron chi connectivity index (χ0n) is 26.1. The molecule has 6 fully saturated rings. The first kappa shape index (κ1) is 28.2. The summed E-state index contributed by atoms with van der Waals surface area (Å²) in [5.74, 6) is 3.30. The summed E-state index contributed by atoms with van der Waals surface area (Å²) in [7, 11) is 0. The summed E-state index contributed by atoms with van der Waals surface area (Å²) in [5.41, 5.74) is 1.72. The SMILES string of the molecule is C[C@]12CC[C@@H]3c4c(cc(O)c(O)c4C4(O)CC[C@H]5[C@@H]6CCC7CC(O)CC[C@]7(C)[C@@H]6CC[C@@]54C)CC[C@H]3[C@@H]1CC[C@H]2O. The summed E-state index contributed by atoms with van der Waals surface area (Å²) >= 11 is 0. The molecular weight excluding hydrogens is 524 g/mol. The summed E-state index contributed by atoms with van der Waals surface area (Å²) in [6.45, 7) is 7.13. The van der Waals surface area contributed by atoms with Crippen molar-refractivity contribution in [2.45, 2.75) is 141 Å². The molecule has 0 amide bonds. The minimum atomic E-state index is -1.16. The highest BCUT2D eigenvalue weighted by atomic mass is 16.3. The first-order valence-corrected chi connectivity index (χ1v) is 17.6. The van der Waals surface area contributed by atoms with E-state index in [4.69, 9.17) is 0 Å². The van der Waals surface area contributed by atoms with Gasteiger partial charge in [0.15, 0.2) is 11.5 Å². The molecule has 8 rings (SSSR count). The minimum absolute atomic E-state index is 0.0262. The maximum absolute atomic E-state index is 13.1. The lowest BCUT2D eigenvalue weighted by Gasteiger charge is -2.62. The molecule has 7 aliphatic carbocycles. The van der Waals surface area contributed by atoms with Crippen molar-refractivity contribution in [1.82, 2.24) is 0 Å². The van der Waals surface area contributed by atoms with E-state index >= 15 is 0 Å². The molecule has 7 aliphatic rings. The van der Waals surface area contributed by atoms with E-state index in [2.05, 4.69) is 20.8 Å². The Morgan fingerprint density at radius 3 is 2.26 bits per heavy atom. The number of phenols is 2. The second kappa shape index (κ2) is 9.13. The van der Waals surface area contributed by atoms with Crippen molar-refractivity contribution in [3.05, 3.63) is 22.8 Å². The topological polar surface area (TPSA) is 101 Å². The first-order valence-electron chi connectivity index (χ1n) is 17.6. The number of benzene rings is 1. The number of fused-ring (bicyclic) bond motifs is 10. The Morgan fingerprint density at radius 2 is 1.45 bits per heavy atom. The molecule has 5 heteroatoms. The van der Waals surface area contributed by atoms with E-state index in [1.807, 2.05) is 0 Å². The predicted molar refractivity (Wildman–Crippen MR) is 162 cm³/mol. The van der Waals surface area contributed by atoms with Crippen molar-refractivity contribution < 1.29 is 25.5 Å². The number of aromatic hydroxyl groups is 2. The number of rotatable bonds is 1. The van der Waals surface area contributed by atoms with Gasteiger partial charge in [0.2, 0.25) is 0 Å². The highest BCUT2D eigenvalue weighted by Crippen LogP contribution is 2.72. The Bertz CT molecular complexity index is 1280. The molecular formula is C37H54O5. The molecule has 42 heavy (non-hydrogen) atoms. The van der Waals surface area contributed by atoms with Gasteiger partial charge in [0.05, 0.1) is 17.8 Å². The van der Waals surface area contributed by atoms with E-state index in [0.29, 0.717) is 47.5 Å². The highest BCUT2D eigenvalue weighted by Gasteiger charge is 2.67. The molecule has 0 radical (unpaired) electrons. The van der Waals surface area contributed by atoms with Gasteiger partial charge in [-0.3, -0.25) is 0 Å². The van der Waals surface area contributed by atoms with Crippen molar-refractivity contribution in [2.24, 2.45) is 51.8 Å². The molecule has 6 saturated carbocycles. The number of hydrogen-bond acceptors (Lipinski definition) is 5. The molecule has 0 aromatic heterocycles. The third-order valence-electron chi connectivity index (χ3n) is 16.1. The van der Waals surface area contributed by atoms with E-state index in [1.165, 1.54) is 12.8 Å². The standard InChI is InChI=1S/C37H54O5/c1-34-14-10-22(38)19-21(34)5-7-25-27(34)12-16-36(3)28(25)13-17-37(36,42)32-31-20(18-29(39)33(32)41)4-6-23-24(31)11-15-35(2)26(23)8-9-30(35)40/h18,21-28,30,38-42H,4-17,19H2,1-3H3/t21?,22?,23-,24+,25-,26+,27-,28+,30-,34+,35+,36+,37?/m1/s1. The van der Waals surface area contributed by atoms with E-state index in [1.54, 1.807) is 6.07 Å². The van der Waals surface area contributed by atoms with Crippen LogP contribution in [0, 0.1) is 51.8 Å². The molecule has 5 N–H and O–H groups in total. The van der Waals surface area contributed by atoms with Crippen molar-refractivity contribution in [3.8, 4) is 11.5 Å². The van der Waals surface area contributed by atoms with E-state index in [0.717, 1.165) is 88.2 Å². The summed E-state index contributed by atoms with van der Waals surface area (Å²) in [5, 5.41) is 57.4. The number of aliphatic hydroxyl groups excluding tert-OH is 2. The molecule has 0 heterocycles. The lowest BCUT2D eigenvalue weighted by Crippen LogP contribution is -2.56. The number of aliphatic hydroxyl groups is 3. The molecule has 1 aromatic rings. The average molecular weight is 579 g/mol. The molecule has 13 atom stereocenters. The fourth-order valence-electron chi connectivity index (χ4n) is 13.8. The second-order valence-corrected chi connectivity index (χ2v) is 17.2. The van der Waals surface area contributed by atoms with Crippen LogP contribution in [0.25, 0.3) is 0 Å². The van der Waals surface area contributed by atoms with E-state index in [9.17, 15) is 25.5 Å². The quantitative estimate of drug-likeness (QED) is 0.233. The Hall–Kier alpha value is -1.30. The van der Waals surface area contributed by atoms with Crippen LogP contribution in [-0.2, 0) is 12.0 Å². The molecule has 0 bridgehead atoms. The highest BCUT2D eigenvalue weighted by molar-refractivity contribution is 5.59. The molecule has 0 saturated heterocycles. The van der Waals surface area contributed by atoms with Gasteiger partial charge in [-0.2, -0.15) is 0 Å². The van der Waals surface area contributed by atoms with Crippen molar-refractivity contribution >= 4 is 0 Å². The van der Waals surface area contributed by atoms with Crippen LogP contribution in [0.2, 0.25) is 0 Å². The smallest absolute Gasteiger partial charge is 0.163 e. The average Bonchev–Trinajstić information content (AvgIpc) is 3.42. The normalized spacial score (nSPS) is 52.9. The summed E-state index contributed by atoms with van der Waals surface area (Å²) < 4.78 is 0. The number of hydrogen-bond donors (Lipinski definition) is 5. The zero-order valence-corrected chi connectivity index (χ0v) is 26.1. The molecule has 5 nitrogen and oxygen atoms in total. The molecule has 0 spiro atoms. The fourth-order valence-corrected chi connectivity index (χ4v) is 13.8. The van der Waals surface area contributed by atoms with E-state index in [-0.39, 0.29) is 45.9 Å². The maximum atomic E-state index is 13.1. The van der Waals surface area contributed by atoms with Crippen LogP contribution in [0.4, 0.5) is 0 Å². The summed E-state index contributed by atoms with van der Waals surface area (Å²) in [6, 6.07) is 1.80. The monoisotopic (exact) mass is 578 g/mol. The van der Waals surface area contributed by atoms with Gasteiger partial charge < -0.3 is 25.5 Å². The Balaban J connectivity index is 1.19. The number of aryl methyl sites for hydroxylation is 1. The third kappa shape index (κ3) is 3.43. The molecule has 0 aliphatic heterocycles. The summed E-state index contributed by atoms with van der Waals surface area (Å²) in [4.78, 5) is 0. The van der Waals surface area contributed by atoms with Gasteiger partial charge in [0.1, 0.15) is 0 Å². The lowest BCUT2D eigenvalue weighted by atomic mass is 9.44. The van der Waals surface area contributed by atoms with Gasteiger partial charge in [-0.05, 0) is 166 Å². The van der Waals surface area contributed by atoms with Crippen LogP contribution in [0.1, 0.15) is 133 Å².